The van der Waals surface area contributed by atoms with Crippen LogP contribution in [0.15, 0.2) is 60.7 Å². The molecule has 0 saturated carbocycles. The normalized spacial score (nSPS) is 16.4. The predicted octanol–water partition coefficient (Wildman–Crippen LogP) is 4.56. The average Bonchev–Trinajstić information content (AvgIpc) is 3.30. The van der Waals surface area contributed by atoms with Crippen LogP contribution in [0.5, 0.6) is 11.5 Å². The van der Waals surface area contributed by atoms with E-state index in [-0.39, 0.29) is 17.4 Å². The number of carbonyl (C=O) groups is 1. The van der Waals surface area contributed by atoms with Crippen LogP contribution in [0.25, 0.3) is 10.9 Å². The van der Waals surface area contributed by atoms with Gasteiger partial charge in [-0.25, -0.2) is 0 Å². The molecular weight excluding hydrogens is 562 g/mol. The van der Waals surface area contributed by atoms with Crippen LogP contribution >= 0.6 is 0 Å². The number of phenolic OH excluding ortho intramolecular Hbond substituents is 2. The molecule has 3 heterocycles. The van der Waals surface area contributed by atoms with Gasteiger partial charge in [-0.15, -0.1) is 0 Å². The zero-order chi connectivity index (χ0) is 31.3. The second-order valence-corrected chi connectivity index (χ2v) is 12.7. The van der Waals surface area contributed by atoms with E-state index in [9.17, 15) is 15.0 Å². The highest BCUT2D eigenvalue weighted by atomic mass is 16.3. The number of piperazine rings is 2. The van der Waals surface area contributed by atoms with Crippen molar-refractivity contribution in [2.75, 3.05) is 65.4 Å². The van der Waals surface area contributed by atoms with Crippen LogP contribution in [0.4, 0.5) is 0 Å². The fourth-order valence-corrected chi connectivity index (χ4v) is 6.85. The number of aryl methyl sites for hydroxylation is 2. The summed E-state index contributed by atoms with van der Waals surface area (Å²) >= 11 is 0. The topological polar surface area (TPSA) is 84.2 Å². The minimum Gasteiger partial charge on any atom is -0.504 e. The van der Waals surface area contributed by atoms with Gasteiger partial charge < -0.3 is 29.9 Å². The van der Waals surface area contributed by atoms with Gasteiger partial charge in [0.25, 0.3) is 5.91 Å². The molecule has 4 aromatic rings. The average molecular weight is 610 g/mol. The van der Waals surface area contributed by atoms with E-state index < -0.39 is 0 Å². The minimum absolute atomic E-state index is 0.0810. The van der Waals surface area contributed by atoms with Crippen LogP contribution in [-0.4, -0.2) is 101 Å². The SMILES string of the molecule is Cc1c(C)n(CCCN2CCNCC2)c2ccc(Cc3ccc(C(=O)N4CCN(CCc5ccc(O)c(O)c5)CC4)cc3)cc12. The lowest BCUT2D eigenvalue weighted by Crippen LogP contribution is -2.49. The van der Waals surface area contributed by atoms with E-state index in [1.165, 1.54) is 45.8 Å². The van der Waals surface area contributed by atoms with Crippen molar-refractivity contribution >= 4 is 16.8 Å². The molecule has 3 aromatic carbocycles. The van der Waals surface area contributed by atoms with E-state index in [4.69, 9.17) is 0 Å². The molecule has 238 valence electrons. The molecule has 6 rings (SSSR count). The molecule has 2 saturated heterocycles. The number of fused-ring (bicyclic) bond motifs is 1. The monoisotopic (exact) mass is 609 g/mol. The van der Waals surface area contributed by atoms with E-state index in [0.29, 0.717) is 13.1 Å². The molecule has 0 aliphatic carbocycles. The number of carbonyl (C=O) groups excluding carboxylic acids is 1. The molecular formula is C37H47N5O3. The lowest BCUT2D eigenvalue weighted by atomic mass is 10.0. The number of hydrogen-bond donors (Lipinski definition) is 3. The van der Waals surface area contributed by atoms with E-state index >= 15 is 0 Å². The molecule has 2 aliphatic rings. The molecule has 0 unspecified atom stereocenters. The van der Waals surface area contributed by atoms with Crippen molar-refractivity contribution in [2.24, 2.45) is 0 Å². The molecule has 8 nitrogen and oxygen atoms in total. The van der Waals surface area contributed by atoms with Crippen molar-refractivity contribution in [2.45, 2.75) is 39.7 Å². The Morgan fingerprint density at radius 2 is 1.42 bits per heavy atom. The maximum Gasteiger partial charge on any atom is 0.253 e. The first kappa shape index (κ1) is 31.1. The number of benzene rings is 3. The highest BCUT2D eigenvalue weighted by Crippen LogP contribution is 2.28. The number of aromatic nitrogens is 1. The second-order valence-electron chi connectivity index (χ2n) is 12.7. The third-order valence-electron chi connectivity index (χ3n) is 9.79. The van der Waals surface area contributed by atoms with Crippen molar-refractivity contribution < 1.29 is 15.0 Å². The van der Waals surface area contributed by atoms with Crippen molar-refractivity contribution in [1.82, 2.24) is 24.6 Å². The highest BCUT2D eigenvalue weighted by Gasteiger charge is 2.22. The third kappa shape index (κ3) is 7.35. The number of amides is 1. The van der Waals surface area contributed by atoms with Gasteiger partial charge in [0.05, 0.1) is 0 Å². The first-order chi connectivity index (χ1) is 21.9. The van der Waals surface area contributed by atoms with Gasteiger partial charge in [0, 0.05) is 87.6 Å². The molecule has 2 aliphatic heterocycles. The zero-order valence-corrected chi connectivity index (χ0v) is 26.8. The molecule has 1 aromatic heterocycles. The van der Waals surface area contributed by atoms with Gasteiger partial charge in [-0.3, -0.25) is 9.69 Å². The van der Waals surface area contributed by atoms with Crippen molar-refractivity contribution in [1.29, 1.82) is 0 Å². The molecule has 0 radical (unpaired) electrons. The first-order valence-electron chi connectivity index (χ1n) is 16.5. The largest absolute Gasteiger partial charge is 0.504 e. The van der Waals surface area contributed by atoms with Gasteiger partial charge in [0.2, 0.25) is 0 Å². The molecule has 1 amide bonds. The molecule has 0 atom stereocenters. The summed E-state index contributed by atoms with van der Waals surface area (Å²) < 4.78 is 2.50. The fraction of sp³-hybridized carbons (Fsp3) is 0.432. The number of nitrogens with one attached hydrogen (secondary N) is 1. The molecule has 0 bridgehead atoms. The number of phenols is 2. The van der Waals surface area contributed by atoms with E-state index in [1.54, 1.807) is 6.07 Å². The van der Waals surface area contributed by atoms with Crippen LogP contribution in [-0.2, 0) is 19.4 Å². The Morgan fingerprint density at radius 3 is 2.16 bits per heavy atom. The number of rotatable bonds is 10. The van der Waals surface area contributed by atoms with Gasteiger partial charge >= 0.3 is 0 Å². The van der Waals surface area contributed by atoms with Crippen LogP contribution < -0.4 is 5.32 Å². The summed E-state index contributed by atoms with van der Waals surface area (Å²) in [7, 11) is 0. The quantitative estimate of drug-likeness (QED) is 0.229. The fourth-order valence-electron chi connectivity index (χ4n) is 6.85. The lowest BCUT2D eigenvalue weighted by molar-refractivity contribution is 0.0638. The summed E-state index contributed by atoms with van der Waals surface area (Å²) in [5.41, 5.74) is 8.30. The summed E-state index contributed by atoms with van der Waals surface area (Å²) in [6.45, 7) is 15.1. The maximum absolute atomic E-state index is 13.3. The Morgan fingerprint density at radius 1 is 0.733 bits per heavy atom. The van der Waals surface area contributed by atoms with Gasteiger partial charge in [0.1, 0.15) is 0 Å². The number of aromatic hydroxyl groups is 2. The maximum atomic E-state index is 13.3. The van der Waals surface area contributed by atoms with Gasteiger partial charge in [-0.05, 0) is 98.3 Å². The van der Waals surface area contributed by atoms with Crippen LogP contribution in [0.1, 0.15) is 44.7 Å². The van der Waals surface area contributed by atoms with Gasteiger partial charge in [-0.1, -0.05) is 24.3 Å². The number of hydrogen-bond acceptors (Lipinski definition) is 6. The van der Waals surface area contributed by atoms with E-state index in [2.05, 4.69) is 63.9 Å². The van der Waals surface area contributed by atoms with Crippen molar-refractivity contribution in [3.05, 3.63) is 94.2 Å². The zero-order valence-electron chi connectivity index (χ0n) is 26.8. The molecule has 0 spiro atoms. The summed E-state index contributed by atoms with van der Waals surface area (Å²) in [6, 6.07) is 20.0. The smallest absolute Gasteiger partial charge is 0.253 e. The summed E-state index contributed by atoms with van der Waals surface area (Å²) in [4.78, 5) is 20.1. The van der Waals surface area contributed by atoms with Crippen molar-refractivity contribution in [3.8, 4) is 11.5 Å². The van der Waals surface area contributed by atoms with Crippen LogP contribution in [0, 0.1) is 13.8 Å². The van der Waals surface area contributed by atoms with Crippen LogP contribution in [0.3, 0.4) is 0 Å². The first-order valence-corrected chi connectivity index (χ1v) is 16.5. The molecule has 3 N–H and O–H groups in total. The van der Waals surface area contributed by atoms with Crippen LogP contribution in [0.2, 0.25) is 0 Å². The Balaban J connectivity index is 1.01. The standard InChI is InChI=1S/C37H47N5O3/c1-27-28(2)42(16-3-15-39-18-13-38-14-19-39)34-10-6-31(25-33(27)34)24-29-4-8-32(9-5-29)37(45)41-22-20-40(21-23-41)17-12-30-7-11-35(43)36(44)26-30/h4-11,25-26,38,43-44H,3,12-24H2,1-2H3. The predicted molar refractivity (Wildman–Crippen MR) is 180 cm³/mol. The number of nitrogens with zero attached hydrogens (tertiary/aromatic N) is 4. The van der Waals surface area contributed by atoms with Crippen molar-refractivity contribution in [3.63, 3.8) is 0 Å². The summed E-state index contributed by atoms with van der Waals surface area (Å²) in [5.74, 6) is -0.0816. The summed E-state index contributed by atoms with van der Waals surface area (Å²) in [6.07, 6.45) is 2.80. The molecule has 2 fully saturated rings. The Bertz CT molecular complexity index is 1620. The van der Waals surface area contributed by atoms with E-state index in [1.807, 2.05) is 23.1 Å². The molecule has 8 heteroatoms. The summed E-state index contributed by atoms with van der Waals surface area (Å²) in [5, 5.41) is 24.0. The Labute approximate surface area is 266 Å². The third-order valence-corrected chi connectivity index (χ3v) is 9.79. The Kier molecular flexibility index (Phi) is 9.73. The Hall–Kier alpha value is -3.85. The second kappa shape index (κ2) is 14.1. The van der Waals surface area contributed by atoms with Gasteiger partial charge in [0.15, 0.2) is 11.5 Å². The van der Waals surface area contributed by atoms with Gasteiger partial charge in [-0.2, -0.15) is 0 Å². The lowest BCUT2D eigenvalue weighted by Gasteiger charge is -2.34. The highest BCUT2D eigenvalue weighted by molar-refractivity contribution is 5.94. The van der Waals surface area contributed by atoms with E-state index in [0.717, 1.165) is 82.9 Å². The molecule has 45 heavy (non-hydrogen) atoms. The minimum atomic E-state index is -0.0937.